The van der Waals surface area contributed by atoms with Crippen molar-refractivity contribution in [2.75, 3.05) is 19.0 Å². The fourth-order valence-electron chi connectivity index (χ4n) is 1.65. The number of hydrogen-bond donors (Lipinski definition) is 1. The number of rotatable bonds is 4. The van der Waals surface area contributed by atoms with Crippen molar-refractivity contribution in [2.45, 2.75) is 6.54 Å². The van der Waals surface area contributed by atoms with E-state index in [1.54, 1.807) is 42.5 Å². The largest absolute Gasteiger partial charge is 0.316 e. The fourth-order valence-corrected chi connectivity index (χ4v) is 1.65. The third-order valence-electron chi connectivity index (χ3n) is 2.59. The number of halogens is 1. The van der Waals surface area contributed by atoms with Crippen LogP contribution in [0.15, 0.2) is 36.7 Å². The number of aromatic nitrogens is 2. The van der Waals surface area contributed by atoms with Gasteiger partial charge < -0.3 is 10.2 Å². The van der Waals surface area contributed by atoms with E-state index in [1.165, 1.54) is 6.07 Å². The lowest BCUT2D eigenvalue weighted by Crippen LogP contribution is -2.15. The van der Waals surface area contributed by atoms with Crippen molar-refractivity contribution in [3.05, 3.63) is 48.0 Å². The highest BCUT2D eigenvalue weighted by Gasteiger charge is 2.10. The van der Waals surface area contributed by atoms with Gasteiger partial charge >= 0.3 is 0 Å². The van der Waals surface area contributed by atoms with E-state index in [0.717, 1.165) is 5.56 Å². The minimum Gasteiger partial charge on any atom is -0.316 e. The Bertz CT molecular complexity index is 513. The van der Waals surface area contributed by atoms with E-state index in [0.29, 0.717) is 18.2 Å². The highest BCUT2D eigenvalue weighted by atomic mass is 19.1. The van der Waals surface area contributed by atoms with Gasteiger partial charge in [-0.05, 0) is 19.2 Å². The molecule has 0 atom stereocenters. The first-order valence-electron chi connectivity index (χ1n) is 5.66. The highest BCUT2D eigenvalue weighted by molar-refractivity contribution is 5.56. The van der Waals surface area contributed by atoms with Gasteiger partial charge in [0.15, 0.2) is 0 Å². The average molecular weight is 246 g/mol. The maximum absolute atomic E-state index is 13.6. The molecule has 0 radical (unpaired) electrons. The number of nitrogens with zero attached hydrogens (tertiary/aromatic N) is 3. The van der Waals surface area contributed by atoms with E-state index in [-0.39, 0.29) is 5.82 Å². The second kappa shape index (κ2) is 5.55. The summed E-state index contributed by atoms with van der Waals surface area (Å²) in [6, 6.07) is 6.55. The van der Waals surface area contributed by atoms with E-state index in [1.807, 2.05) is 7.05 Å². The van der Waals surface area contributed by atoms with E-state index >= 15 is 0 Å². The predicted molar refractivity (Wildman–Crippen MR) is 69.3 cm³/mol. The molecule has 5 heteroatoms. The molecule has 0 aliphatic carbocycles. The van der Waals surface area contributed by atoms with Crippen LogP contribution in [0.2, 0.25) is 0 Å². The van der Waals surface area contributed by atoms with Gasteiger partial charge in [0, 0.05) is 31.5 Å². The Morgan fingerprint density at radius 2 is 1.89 bits per heavy atom. The van der Waals surface area contributed by atoms with Crippen LogP contribution in [0.3, 0.4) is 0 Å². The van der Waals surface area contributed by atoms with E-state index in [9.17, 15) is 4.39 Å². The molecule has 18 heavy (non-hydrogen) atoms. The third-order valence-corrected chi connectivity index (χ3v) is 2.59. The van der Waals surface area contributed by atoms with E-state index in [4.69, 9.17) is 0 Å². The Kier molecular flexibility index (Phi) is 3.84. The molecule has 0 bridgehead atoms. The molecule has 1 N–H and O–H groups in total. The van der Waals surface area contributed by atoms with Gasteiger partial charge in [-0.2, -0.15) is 0 Å². The van der Waals surface area contributed by atoms with Gasteiger partial charge in [0.2, 0.25) is 5.95 Å². The molecule has 1 aromatic carbocycles. The summed E-state index contributed by atoms with van der Waals surface area (Å²) in [5.41, 5.74) is 1.45. The quantitative estimate of drug-likeness (QED) is 0.897. The Labute approximate surface area is 105 Å². The molecule has 0 amide bonds. The second-order valence-electron chi connectivity index (χ2n) is 3.93. The Morgan fingerprint density at radius 3 is 2.50 bits per heavy atom. The first-order valence-corrected chi connectivity index (χ1v) is 5.66. The maximum Gasteiger partial charge on any atom is 0.229 e. The summed E-state index contributed by atoms with van der Waals surface area (Å²) in [5.74, 6) is 0.183. The molecule has 0 saturated carbocycles. The number of anilines is 2. The standard InChI is InChI=1S/C13H15FN4/c1-15-7-10-8-16-13(17-9-10)18(2)12-6-4-3-5-11(12)14/h3-6,8-9,15H,7H2,1-2H3. The van der Waals surface area contributed by atoms with Crippen LogP contribution in [0, 0.1) is 5.82 Å². The molecule has 0 aliphatic rings. The Morgan fingerprint density at radius 1 is 1.22 bits per heavy atom. The van der Waals surface area contributed by atoms with Gasteiger partial charge in [0.1, 0.15) is 5.82 Å². The van der Waals surface area contributed by atoms with Crippen molar-refractivity contribution in [1.29, 1.82) is 0 Å². The Balaban J connectivity index is 2.23. The summed E-state index contributed by atoms with van der Waals surface area (Å²) in [5, 5.41) is 3.02. The van der Waals surface area contributed by atoms with Crippen molar-refractivity contribution in [1.82, 2.24) is 15.3 Å². The van der Waals surface area contributed by atoms with E-state index < -0.39 is 0 Å². The number of nitrogens with one attached hydrogen (secondary N) is 1. The molecular weight excluding hydrogens is 231 g/mol. The van der Waals surface area contributed by atoms with Gasteiger partial charge in [-0.3, -0.25) is 0 Å². The summed E-state index contributed by atoms with van der Waals surface area (Å²) < 4.78 is 13.6. The summed E-state index contributed by atoms with van der Waals surface area (Å²) >= 11 is 0. The molecule has 94 valence electrons. The molecule has 1 heterocycles. The molecule has 0 saturated heterocycles. The molecule has 1 aromatic heterocycles. The van der Waals surface area contributed by atoms with Gasteiger partial charge in [-0.1, -0.05) is 12.1 Å². The minimum absolute atomic E-state index is 0.289. The number of hydrogen-bond acceptors (Lipinski definition) is 4. The molecule has 0 unspecified atom stereocenters. The van der Waals surface area contributed by atoms with Crippen molar-refractivity contribution < 1.29 is 4.39 Å². The molecule has 0 spiro atoms. The SMILES string of the molecule is CNCc1cnc(N(C)c2ccccc2F)nc1. The van der Waals surface area contributed by atoms with Gasteiger partial charge in [0.25, 0.3) is 0 Å². The van der Waals surface area contributed by atoms with Crippen LogP contribution in [0.1, 0.15) is 5.56 Å². The van der Waals surface area contributed by atoms with Crippen LogP contribution in [0.25, 0.3) is 0 Å². The van der Waals surface area contributed by atoms with Gasteiger partial charge in [-0.15, -0.1) is 0 Å². The lowest BCUT2D eigenvalue weighted by molar-refractivity contribution is 0.627. The Hall–Kier alpha value is -2.01. The molecule has 0 aliphatic heterocycles. The maximum atomic E-state index is 13.6. The second-order valence-corrected chi connectivity index (χ2v) is 3.93. The smallest absolute Gasteiger partial charge is 0.229 e. The van der Waals surface area contributed by atoms with E-state index in [2.05, 4.69) is 15.3 Å². The van der Waals surface area contributed by atoms with Crippen molar-refractivity contribution in [2.24, 2.45) is 0 Å². The summed E-state index contributed by atoms with van der Waals surface area (Å²) in [6.07, 6.45) is 3.46. The molecule has 2 aromatic rings. The van der Waals surface area contributed by atoms with Gasteiger partial charge in [-0.25, -0.2) is 14.4 Å². The number of para-hydroxylation sites is 1. The first kappa shape index (κ1) is 12.4. The highest BCUT2D eigenvalue weighted by Crippen LogP contribution is 2.22. The zero-order valence-corrected chi connectivity index (χ0v) is 10.4. The normalized spacial score (nSPS) is 10.4. The van der Waals surface area contributed by atoms with Crippen molar-refractivity contribution in [3.63, 3.8) is 0 Å². The van der Waals surface area contributed by atoms with Gasteiger partial charge in [0.05, 0.1) is 5.69 Å². The summed E-state index contributed by atoms with van der Waals surface area (Å²) in [6.45, 7) is 0.712. The minimum atomic E-state index is -0.289. The van der Waals surface area contributed by atoms with Crippen LogP contribution < -0.4 is 10.2 Å². The zero-order chi connectivity index (χ0) is 13.0. The fraction of sp³-hybridized carbons (Fsp3) is 0.231. The van der Waals surface area contributed by atoms with Crippen LogP contribution in [-0.2, 0) is 6.54 Å². The lowest BCUT2D eigenvalue weighted by atomic mass is 10.3. The van der Waals surface area contributed by atoms with Crippen molar-refractivity contribution in [3.8, 4) is 0 Å². The zero-order valence-electron chi connectivity index (χ0n) is 10.4. The number of benzene rings is 1. The van der Waals surface area contributed by atoms with Crippen LogP contribution in [0.5, 0.6) is 0 Å². The summed E-state index contributed by atoms with van der Waals surface area (Å²) in [7, 11) is 3.60. The molecule has 0 fully saturated rings. The molecular formula is C13H15FN4. The topological polar surface area (TPSA) is 41.1 Å². The predicted octanol–water partition coefficient (Wildman–Crippen LogP) is 2.10. The monoisotopic (exact) mass is 246 g/mol. The van der Waals surface area contributed by atoms with Crippen molar-refractivity contribution >= 4 is 11.6 Å². The average Bonchev–Trinajstić information content (AvgIpc) is 2.40. The van der Waals surface area contributed by atoms with Crippen LogP contribution in [-0.4, -0.2) is 24.1 Å². The third kappa shape index (κ3) is 2.62. The van der Waals surface area contributed by atoms with Crippen LogP contribution >= 0.6 is 0 Å². The molecule has 2 rings (SSSR count). The first-order chi connectivity index (χ1) is 8.72. The van der Waals surface area contributed by atoms with Crippen LogP contribution in [0.4, 0.5) is 16.0 Å². The molecule has 4 nitrogen and oxygen atoms in total. The lowest BCUT2D eigenvalue weighted by Gasteiger charge is -2.17. The summed E-state index contributed by atoms with van der Waals surface area (Å²) in [4.78, 5) is 10.1.